The topological polar surface area (TPSA) is 66.6 Å². The molecule has 8 nitrogen and oxygen atoms in total. The molecular weight excluding hydrogens is 380 g/mol. The summed E-state index contributed by atoms with van der Waals surface area (Å²) < 4.78 is 3.50. The van der Waals surface area contributed by atoms with Gasteiger partial charge < -0.3 is 9.47 Å². The van der Waals surface area contributed by atoms with Crippen LogP contribution in [0.4, 0.5) is 0 Å². The van der Waals surface area contributed by atoms with Crippen molar-refractivity contribution in [1.82, 2.24) is 29.0 Å². The number of fused-ring (bicyclic) bond motifs is 1. The smallest absolute Gasteiger partial charge is 0.250 e. The summed E-state index contributed by atoms with van der Waals surface area (Å²) in [6.45, 7) is 5.83. The maximum atomic E-state index is 12.8. The van der Waals surface area contributed by atoms with Gasteiger partial charge in [0.05, 0.1) is 24.1 Å². The highest BCUT2D eigenvalue weighted by atomic mass is 16.2. The molecule has 1 aliphatic carbocycles. The summed E-state index contributed by atoms with van der Waals surface area (Å²) in [5.41, 5.74) is 3.20. The summed E-state index contributed by atoms with van der Waals surface area (Å²) >= 11 is 0. The number of amides is 1. The van der Waals surface area contributed by atoms with E-state index >= 15 is 0 Å². The highest BCUT2D eigenvalue weighted by Gasteiger charge is 2.30. The number of rotatable bonds is 4. The monoisotopic (exact) mass is 410 g/mol. The van der Waals surface area contributed by atoms with Crippen LogP contribution in [0, 0.1) is 0 Å². The van der Waals surface area contributed by atoms with Crippen molar-refractivity contribution >= 4 is 5.91 Å². The number of pyridine rings is 1. The number of carbonyl (C=O) groups is 1. The van der Waals surface area contributed by atoms with Crippen molar-refractivity contribution in [2.75, 3.05) is 39.3 Å². The molecule has 1 saturated heterocycles. The lowest BCUT2D eigenvalue weighted by molar-refractivity contribution is -0.135. The summed E-state index contributed by atoms with van der Waals surface area (Å²) in [6.07, 6.45) is 8.58. The Balaban J connectivity index is 1.19. The van der Waals surface area contributed by atoms with Gasteiger partial charge >= 0.3 is 0 Å². The molecule has 2 fully saturated rings. The number of piperazine rings is 1. The summed E-state index contributed by atoms with van der Waals surface area (Å²) in [7, 11) is 1.75. The van der Waals surface area contributed by atoms with Crippen LogP contribution in [0.3, 0.4) is 0 Å². The van der Waals surface area contributed by atoms with E-state index in [1.807, 2.05) is 28.0 Å². The molecule has 160 valence electrons. The first-order chi connectivity index (χ1) is 14.6. The molecule has 5 rings (SSSR count). The van der Waals surface area contributed by atoms with Gasteiger partial charge in [-0.15, -0.1) is 0 Å². The minimum absolute atomic E-state index is 0.0296. The molecule has 30 heavy (non-hydrogen) atoms. The van der Waals surface area contributed by atoms with E-state index in [1.165, 1.54) is 25.0 Å². The normalized spacial score (nSPS) is 20.8. The third-order valence-corrected chi connectivity index (χ3v) is 6.95. The second-order valence-corrected chi connectivity index (χ2v) is 8.83. The number of nitrogens with zero attached hydrogens (tertiary/aromatic N) is 6. The van der Waals surface area contributed by atoms with E-state index in [0.717, 1.165) is 63.0 Å². The van der Waals surface area contributed by atoms with Crippen molar-refractivity contribution in [3.63, 3.8) is 0 Å². The highest BCUT2D eigenvalue weighted by Crippen LogP contribution is 2.26. The zero-order valence-corrected chi connectivity index (χ0v) is 17.7. The van der Waals surface area contributed by atoms with Gasteiger partial charge in [-0.05, 0) is 18.9 Å². The van der Waals surface area contributed by atoms with Gasteiger partial charge in [0.1, 0.15) is 0 Å². The Bertz CT molecular complexity index is 984. The van der Waals surface area contributed by atoms with E-state index in [9.17, 15) is 9.59 Å². The fraction of sp³-hybridized carbons (Fsp3) is 0.591. The van der Waals surface area contributed by atoms with Crippen LogP contribution in [0.2, 0.25) is 0 Å². The van der Waals surface area contributed by atoms with Gasteiger partial charge in [-0.2, -0.15) is 5.10 Å². The average molecular weight is 411 g/mol. The number of hydrogen-bond donors (Lipinski definition) is 0. The molecule has 2 aliphatic heterocycles. The van der Waals surface area contributed by atoms with Gasteiger partial charge in [0, 0.05) is 76.6 Å². The Hall–Kier alpha value is -2.45. The van der Waals surface area contributed by atoms with Crippen molar-refractivity contribution in [3.8, 4) is 5.69 Å². The largest absolute Gasteiger partial charge is 0.339 e. The second-order valence-electron chi connectivity index (χ2n) is 8.83. The first-order valence-corrected chi connectivity index (χ1v) is 11.1. The average Bonchev–Trinajstić information content (AvgIpc) is 3.12. The Morgan fingerprint density at radius 1 is 1.13 bits per heavy atom. The zero-order chi connectivity index (χ0) is 20.7. The molecule has 0 unspecified atom stereocenters. The molecule has 0 bridgehead atoms. The Kier molecular flexibility index (Phi) is 5.20. The molecule has 4 heterocycles. The first-order valence-electron chi connectivity index (χ1n) is 11.1. The Morgan fingerprint density at radius 2 is 1.93 bits per heavy atom. The number of hydrogen-bond acceptors (Lipinski definition) is 5. The third kappa shape index (κ3) is 3.70. The van der Waals surface area contributed by atoms with Crippen molar-refractivity contribution in [2.45, 2.75) is 38.3 Å². The maximum absolute atomic E-state index is 12.8. The van der Waals surface area contributed by atoms with Crippen LogP contribution in [0.25, 0.3) is 5.69 Å². The molecule has 8 heteroatoms. The number of carbonyl (C=O) groups excluding carboxylic acids is 1. The lowest BCUT2D eigenvalue weighted by Crippen LogP contribution is -2.55. The van der Waals surface area contributed by atoms with E-state index in [4.69, 9.17) is 0 Å². The Labute approximate surface area is 176 Å². The fourth-order valence-electron chi connectivity index (χ4n) is 4.83. The van der Waals surface area contributed by atoms with Gasteiger partial charge in [-0.3, -0.25) is 19.4 Å². The van der Waals surface area contributed by atoms with Crippen molar-refractivity contribution in [1.29, 1.82) is 0 Å². The molecule has 2 aromatic heterocycles. The molecule has 0 N–H and O–H groups in total. The van der Waals surface area contributed by atoms with Crippen molar-refractivity contribution < 1.29 is 4.79 Å². The SMILES string of the molecule is Cn1cc(-n2ncc3c2CCN(CC(=O)N2CCN(C4CCC4)CC2)C3)ccc1=O. The third-order valence-electron chi connectivity index (χ3n) is 6.95. The van der Waals surface area contributed by atoms with E-state index < -0.39 is 0 Å². The van der Waals surface area contributed by atoms with Crippen LogP contribution in [0.5, 0.6) is 0 Å². The van der Waals surface area contributed by atoms with Crippen LogP contribution >= 0.6 is 0 Å². The van der Waals surface area contributed by atoms with Gasteiger partial charge in [0.15, 0.2) is 0 Å². The molecule has 1 saturated carbocycles. The van der Waals surface area contributed by atoms with Gasteiger partial charge in [0.2, 0.25) is 11.5 Å². The van der Waals surface area contributed by atoms with E-state index in [0.29, 0.717) is 6.54 Å². The standard InChI is InChI=1S/C22H30N6O2/c1-24-15-19(5-6-21(24)29)28-20-7-8-25(14-17(20)13-23-28)16-22(30)27-11-9-26(10-12-27)18-3-2-4-18/h5-6,13,15,18H,2-4,7-12,14,16H2,1H3. The zero-order valence-electron chi connectivity index (χ0n) is 17.7. The minimum Gasteiger partial charge on any atom is -0.339 e. The lowest BCUT2D eigenvalue weighted by Gasteiger charge is -2.43. The molecule has 0 spiro atoms. The number of aromatic nitrogens is 3. The molecule has 0 radical (unpaired) electrons. The van der Waals surface area contributed by atoms with Crippen LogP contribution < -0.4 is 5.56 Å². The van der Waals surface area contributed by atoms with Crippen LogP contribution in [0.15, 0.2) is 29.3 Å². The van der Waals surface area contributed by atoms with Gasteiger partial charge in [0.25, 0.3) is 0 Å². The van der Waals surface area contributed by atoms with Gasteiger partial charge in [-0.25, -0.2) is 4.68 Å². The Morgan fingerprint density at radius 3 is 2.63 bits per heavy atom. The predicted octanol–water partition coefficient (Wildman–Crippen LogP) is 0.626. The molecule has 0 atom stereocenters. The molecule has 1 amide bonds. The first kappa shape index (κ1) is 19.5. The van der Waals surface area contributed by atoms with E-state index in [1.54, 1.807) is 17.7 Å². The second kappa shape index (κ2) is 8.00. The van der Waals surface area contributed by atoms with Crippen LogP contribution in [-0.2, 0) is 24.8 Å². The number of aryl methyl sites for hydroxylation is 1. The summed E-state index contributed by atoms with van der Waals surface area (Å²) in [6, 6.07) is 4.16. The summed E-state index contributed by atoms with van der Waals surface area (Å²) in [5, 5.41) is 4.55. The highest BCUT2D eigenvalue weighted by molar-refractivity contribution is 5.78. The predicted molar refractivity (Wildman–Crippen MR) is 114 cm³/mol. The fourth-order valence-corrected chi connectivity index (χ4v) is 4.83. The lowest BCUT2D eigenvalue weighted by atomic mass is 9.91. The minimum atomic E-state index is -0.0296. The van der Waals surface area contributed by atoms with Crippen LogP contribution in [-0.4, -0.2) is 80.3 Å². The molecular formula is C22H30N6O2. The molecule has 3 aliphatic rings. The van der Waals surface area contributed by atoms with Crippen LogP contribution in [0.1, 0.15) is 30.5 Å². The molecule has 2 aromatic rings. The molecule has 0 aromatic carbocycles. The van der Waals surface area contributed by atoms with Crippen molar-refractivity contribution in [3.05, 3.63) is 46.1 Å². The summed E-state index contributed by atoms with van der Waals surface area (Å²) in [4.78, 5) is 31.3. The van der Waals surface area contributed by atoms with Gasteiger partial charge in [-0.1, -0.05) is 6.42 Å². The quantitative estimate of drug-likeness (QED) is 0.740. The summed E-state index contributed by atoms with van der Waals surface area (Å²) in [5.74, 6) is 0.247. The van der Waals surface area contributed by atoms with E-state index in [-0.39, 0.29) is 11.5 Å². The van der Waals surface area contributed by atoms with Crippen molar-refractivity contribution in [2.24, 2.45) is 7.05 Å². The van der Waals surface area contributed by atoms with E-state index in [2.05, 4.69) is 14.9 Å². The maximum Gasteiger partial charge on any atom is 0.250 e.